The third-order valence-electron chi connectivity index (χ3n) is 5.19. The van der Waals surface area contributed by atoms with Gasteiger partial charge < -0.3 is 15.2 Å². The van der Waals surface area contributed by atoms with Crippen molar-refractivity contribution in [2.75, 3.05) is 5.32 Å². The Morgan fingerprint density at radius 2 is 1.83 bits per heavy atom. The lowest BCUT2D eigenvalue weighted by Crippen LogP contribution is -2.46. The van der Waals surface area contributed by atoms with E-state index in [1.54, 1.807) is 32.4 Å². The lowest BCUT2D eigenvalue weighted by molar-refractivity contribution is -0.118. The molecule has 8 heteroatoms. The zero-order chi connectivity index (χ0) is 22.1. The maximum atomic E-state index is 13.3. The summed E-state index contributed by atoms with van der Waals surface area (Å²) in [5.41, 5.74) is 1.52. The number of carbonyl (C=O) groups excluding carboxylic acids is 3. The van der Waals surface area contributed by atoms with Crippen LogP contribution in [-0.4, -0.2) is 32.7 Å². The maximum Gasteiger partial charge on any atom is 0.294 e. The molecule has 0 saturated heterocycles. The quantitative estimate of drug-likeness (QED) is 0.441. The molecule has 0 bridgehead atoms. The average molecular weight is 402 g/mol. The summed E-state index contributed by atoms with van der Waals surface area (Å²) in [4.78, 5) is 41.7. The van der Waals surface area contributed by atoms with E-state index in [-0.39, 0.29) is 5.69 Å². The Balaban J connectivity index is 2.36. The SMILES string of the molecule is CCC(C)(C)NC(=O)C(=O)c1c(C)c(C(=O)Nc2cnc(F)c(C)c2)c(C)n1C. The number of aryl methyl sites for hydroxylation is 1. The number of hydrogen-bond donors (Lipinski definition) is 2. The van der Waals surface area contributed by atoms with Crippen molar-refractivity contribution < 1.29 is 18.8 Å². The minimum Gasteiger partial charge on any atom is -0.344 e. The first-order valence-corrected chi connectivity index (χ1v) is 9.35. The Bertz CT molecular complexity index is 992. The molecule has 2 rings (SSSR count). The molecule has 0 aliphatic heterocycles. The molecule has 0 unspecified atom stereocenters. The minimum atomic E-state index is -0.717. The van der Waals surface area contributed by atoms with E-state index in [9.17, 15) is 18.8 Å². The van der Waals surface area contributed by atoms with E-state index in [0.717, 1.165) is 0 Å². The smallest absolute Gasteiger partial charge is 0.294 e. The normalized spacial score (nSPS) is 11.3. The van der Waals surface area contributed by atoms with Gasteiger partial charge in [-0.15, -0.1) is 0 Å². The zero-order valence-corrected chi connectivity index (χ0v) is 17.9. The van der Waals surface area contributed by atoms with Crippen LogP contribution in [0.4, 0.5) is 10.1 Å². The molecule has 0 aliphatic rings. The van der Waals surface area contributed by atoms with Crippen molar-refractivity contribution >= 4 is 23.3 Å². The largest absolute Gasteiger partial charge is 0.344 e. The van der Waals surface area contributed by atoms with E-state index in [1.165, 1.54) is 12.3 Å². The molecule has 0 fully saturated rings. The van der Waals surface area contributed by atoms with Crippen LogP contribution < -0.4 is 10.6 Å². The molecule has 2 aromatic rings. The van der Waals surface area contributed by atoms with Crippen molar-refractivity contribution in [2.45, 2.75) is 53.5 Å². The lowest BCUT2D eigenvalue weighted by atomic mass is 10.0. The van der Waals surface area contributed by atoms with E-state index in [1.807, 2.05) is 20.8 Å². The maximum absolute atomic E-state index is 13.3. The Kier molecular flexibility index (Phi) is 6.25. The number of pyridine rings is 1. The second kappa shape index (κ2) is 8.14. The monoisotopic (exact) mass is 402 g/mol. The van der Waals surface area contributed by atoms with Crippen LogP contribution in [0.25, 0.3) is 0 Å². The van der Waals surface area contributed by atoms with Crippen LogP contribution in [0.5, 0.6) is 0 Å². The van der Waals surface area contributed by atoms with Crippen molar-refractivity contribution in [3.63, 3.8) is 0 Å². The Labute approximate surface area is 169 Å². The predicted octanol–water partition coefficient (Wildman–Crippen LogP) is 3.22. The molecule has 0 radical (unpaired) electrons. The number of nitrogens with one attached hydrogen (secondary N) is 2. The molecule has 7 nitrogen and oxygen atoms in total. The van der Waals surface area contributed by atoms with Crippen molar-refractivity contribution in [1.82, 2.24) is 14.9 Å². The first kappa shape index (κ1) is 22.3. The molecule has 0 atom stereocenters. The van der Waals surface area contributed by atoms with Gasteiger partial charge >= 0.3 is 0 Å². The number of nitrogens with zero attached hydrogens (tertiary/aromatic N) is 2. The van der Waals surface area contributed by atoms with Crippen LogP contribution in [0.3, 0.4) is 0 Å². The third-order valence-corrected chi connectivity index (χ3v) is 5.19. The number of hydrogen-bond acceptors (Lipinski definition) is 4. The number of anilines is 1. The predicted molar refractivity (Wildman–Crippen MR) is 109 cm³/mol. The van der Waals surface area contributed by atoms with E-state index >= 15 is 0 Å². The topological polar surface area (TPSA) is 93.1 Å². The van der Waals surface area contributed by atoms with Crippen LogP contribution in [0.1, 0.15) is 64.9 Å². The fourth-order valence-corrected chi connectivity index (χ4v) is 3.01. The highest BCUT2D eigenvalue weighted by molar-refractivity contribution is 6.43. The van der Waals surface area contributed by atoms with E-state index in [2.05, 4.69) is 15.6 Å². The summed E-state index contributed by atoms with van der Waals surface area (Å²) >= 11 is 0. The molecule has 2 N–H and O–H groups in total. The van der Waals surface area contributed by atoms with Gasteiger partial charge in [0.15, 0.2) is 0 Å². The molecule has 29 heavy (non-hydrogen) atoms. The molecular weight excluding hydrogens is 375 g/mol. The van der Waals surface area contributed by atoms with Gasteiger partial charge in [0.25, 0.3) is 17.6 Å². The van der Waals surface area contributed by atoms with Crippen molar-refractivity contribution in [3.8, 4) is 0 Å². The molecule has 2 amide bonds. The molecule has 2 aromatic heterocycles. The van der Waals surface area contributed by atoms with Gasteiger partial charge in [-0.2, -0.15) is 4.39 Å². The van der Waals surface area contributed by atoms with Gasteiger partial charge in [-0.25, -0.2) is 4.98 Å². The third kappa shape index (κ3) is 4.52. The molecule has 0 aromatic carbocycles. The highest BCUT2D eigenvalue weighted by atomic mass is 19.1. The summed E-state index contributed by atoms with van der Waals surface area (Å²) in [5, 5.41) is 5.39. The summed E-state index contributed by atoms with van der Waals surface area (Å²) in [6.07, 6.45) is 1.89. The van der Waals surface area contributed by atoms with Crippen LogP contribution in [0.2, 0.25) is 0 Å². The number of carbonyl (C=O) groups is 3. The van der Waals surface area contributed by atoms with Gasteiger partial charge in [0, 0.05) is 23.8 Å². The fraction of sp³-hybridized carbons (Fsp3) is 0.429. The minimum absolute atomic E-state index is 0.158. The molecule has 0 saturated carbocycles. The van der Waals surface area contributed by atoms with E-state index < -0.39 is 29.1 Å². The van der Waals surface area contributed by atoms with Crippen LogP contribution >= 0.6 is 0 Å². The van der Waals surface area contributed by atoms with Crippen LogP contribution in [0.15, 0.2) is 12.3 Å². The van der Waals surface area contributed by atoms with E-state index in [0.29, 0.717) is 34.5 Å². The van der Waals surface area contributed by atoms with Gasteiger partial charge in [-0.3, -0.25) is 14.4 Å². The summed E-state index contributed by atoms with van der Waals surface area (Å²) in [6.45, 7) is 10.4. The first-order valence-electron chi connectivity index (χ1n) is 9.35. The number of amides is 2. The Hall–Kier alpha value is -3.03. The zero-order valence-electron chi connectivity index (χ0n) is 17.9. The molecule has 2 heterocycles. The number of Topliss-reactive ketones (excluding diaryl/α,β-unsaturated/α-hetero) is 1. The number of aromatic nitrogens is 2. The first-order chi connectivity index (χ1) is 13.4. The molecular formula is C21H27FN4O3. The second-order valence-corrected chi connectivity index (χ2v) is 7.80. The summed E-state index contributed by atoms with van der Waals surface area (Å²) < 4.78 is 14.9. The lowest BCUT2D eigenvalue weighted by Gasteiger charge is -2.24. The Morgan fingerprint density at radius 1 is 1.21 bits per heavy atom. The molecule has 0 spiro atoms. The molecule has 0 aliphatic carbocycles. The van der Waals surface area contributed by atoms with Crippen molar-refractivity contribution in [1.29, 1.82) is 0 Å². The van der Waals surface area contributed by atoms with Crippen molar-refractivity contribution in [3.05, 3.63) is 46.3 Å². The number of rotatable bonds is 6. The fourth-order valence-electron chi connectivity index (χ4n) is 3.01. The average Bonchev–Trinajstić information content (AvgIpc) is 2.86. The number of halogens is 1. The summed E-state index contributed by atoms with van der Waals surface area (Å²) in [5.74, 6) is -2.49. The standard InChI is InChI=1S/C21H27FN4O3/c1-8-21(5,6)25-20(29)17(27)16-12(3)15(13(4)26(16)7)19(28)24-14-9-11(2)18(22)23-10-14/h9-10H,8H2,1-7H3,(H,24,28)(H,25,29). The summed E-state index contributed by atoms with van der Waals surface area (Å²) in [7, 11) is 1.63. The Morgan fingerprint density at radius 3 is 2.38 bits per heavy atom. The van der Waals surface area contributed by atoms with E-state index in [4.69, 9.17) is 0 Å². The second-order valence-electron chi connectivity index (χ2n) is 7.80. The van der Waals surface area contributed by atoms with Gasteiger partial charge in [0.05, 0.1) is 23.1 Å². The van der Waals surface area contributed by atoms with Gasteiger partial charge in [-0.1, -0.05) is 6.92 Å². The summed E-state index contributed by atoms with van der Waals surface area (Å²) in [6, 6.07) is 1.47. The van der Waals surface area contributed by atoms with Crippen molar-refractivity contribution in [2.24, 2.45) is 7.05 Å². The highest BCUT2D eigenvalue weighted by Crippen LogP contribution is 2.24. The number of ketones is 1. The van der Waals surface area contributed by atoms with Crippen LogP contribution in [0, 0.1) is 26.7 Å². The molecule has 156 valence electrons. The van der Waals surface area contributed by atoms with Gasteiger partial charge in [0.1, 0.15) is 0 Å². The van der Waals surface area contributed by atoms with Gasteiger partial charge in [0.2, 0.25) is 5.95 Å². The van der Waals surface area contributed by atoms with Gasteiger partial charge in [-0.05, 0) is 52.7 Å². The highest BCUT2D eigenvalue weighted by Gasteiger charge is 2.30. The van der Waals surface area contributed by atoms with Crippen LogP contribution in [-0.2, 0) is 11.8 Å².